The zero-order valence-electron chi connectivity index (χ0n) is 12.0. The number of fused-ring (bicyclic) bond motifs is 1. The zero-order chi connectivity index (χ0) is 14.5. The Morgan fingerprint density at radius 2 is 2.10 bits per heavy atom. The molecular weight excluding hydrogens is 254 g/mol. The van der Waals surface area contributed by atoms with Crippen molar-refractivity contribution in [3.05, 3.63) is 30.5 Å². The van der Waals surface area contributed by atoms with Gasteiger partial charge in [0.2, 0.25) is 0 Å². The maximum atomic E-state index is 10.5. The predicted molar refractivity (Wildman–Crippen MR) is 79.2 cm³/mol. The molecule has 2 aromatic rings. The van der Waals surface area contributed by atoms with E-state index in [4.69, 9.17) is 9.84 Å². The normalized spacial score (nSPS) is 11.2. The van der Waals surface area contributed by atoms with Gasteiger partial charge in [0.15, 0.2) is 0 Å². The monoisotopic (exact) mass is 275 g/mol. The average Bonchev–Trinajstić information content (AvgIpc) is 2.76. The van der Waals surface area contributed by atoms with Crippen LogP contribution in [0.3, 0.4) is 0 Å². The lowest BCUT2D eigenvalue weighted by atomic mass is 10.2. The molecule has 0 aliphatic rings. The Hall–Kier alpha value is -1.97. The number of carboxylic acids is 1. The van der Waals surface area contributed by atoms with Gasteiger partial charge < -0.3 is 14.4 Å². The van der Waals surface area contributed by atoms with Crippen LogP contribution in [0.25, 0.3) is 10.9 Å². The zero-order valence-corrected chi connectivity index (χ0v) is 12.0. The number of unbranched alkanes of at least 4 members (excludes halogenated alkanes) is 1. The molecule has 0 unspecified atom stereocenters. The topological polar surface area (TPSA) is 51.5 Å². The van der Waals surface area contributed by atoms with Gasteiger partial charge in [-0.1, -0.05) is 0 Å². The lowest BCUT2D eigenvalue weighted by Crippen LogP contribution is -2.05. The van der Waals surface area contributed by atoms with E-state index in [0.29, 0.717) is 6.42 Å². The number of ether oxygens (including phenoxy) is 1. The van der Waals surface area contributed by atoms with E-state index < -0.39 is 5.97 Å². The summed E-state index contributed by atoms with van der Waals surface area (Å²) in [5.41, 5.74) is 1.16. The van der Waals surface area contributed by atoms with E-state index in [0.717, 1.165) is 29.6 Å². The third-order valence-corrected chi connectivity index (χ3v) is 3.15. The minimum atomic E-state index is -0.724. The molecular formula is C16H21NO3. The van der Waals surface area contributed by atoms with E-state index in [1.807, 2.05) is 32.2 Å². The molecule has 0 saturated carbocycles. The van der Waals surface area contributed by atoms with Crippen LogP contribution in [0.15, 0.2) is 30.5 Å². The first-order valence-electron chi connectivity index (χ1n) is 7.03. The van der Waals surface area contributed by atoms with Crippen molar-refractivity contribution >= 4 is 16.9 Å². The fourth-order valence-corrected chi connectivity index (χ4v) is 2.28. The molecule has 0 amide bonds. The molecule has 4 nitrogen and oxygen atoms in total. The second kappa shape index (κ2) is 6.46. The second-order valence-electron chi connectivity index (χ2n) is 5.25. The summed E-state index contributed by atoms with van der Waals surface area (Å²) in [5.74, 6) is 0.161. The number of carbonyl (C=O) groups is 1. The van der Waals surface area contributed by atoms with Gasteiger partial charge >= 0.3 is 5.97 Å². The fourth-order valence-electron chi connectivity index (χ4n) is 2.28. The van der Waals surface area contributed by atoms with Gasteiger partial charge in [-0.2, -0.15) is 0 Å². The maximum Gasteiger partial charge on any atom is 0.303 e. The molecule has 1 N–H and O–H groups in total. The molecule has 0 aliphatic carbocycles. The second-order valence-corrected chi connectivity index (χ2v) is 5.25. The summed E-state index contributed by atoms with van der Waals surface area (Å²) in [6, 6.07) is 8.16. The minimum absolute atomic E-state index is 0.172. The van der Waals surface area contributed by atoms with Crippen molar-refractivity contribution in [3.8, 4) is 5.75 Å². The molecule has 108 valence electrons. The van der Waals surface area contributed by atoms with E-state index in [-0.39, 0.29) is 12.5 Å². The number of nitrogens with zero attached hydrogens (tertiary/aromatic N) is 1. The Morgan fingerprint density at radius 1 is 1.30 bits per heavy atom. The lowest BCUT2D eigenvalue weighted by molar-refractivity contribution is -0.137. The molecule has 0 radical (unpaired) electrons. The number of rotatable bonds is 7. The van der Waals surface area contributed by atoms with Gasteiger partial charge in [-0.25, -0.2) is 0 Å². The van der Waals surface area contributed by atoms with E-state index in [9.17, 15) is 4.79 Å². The van der Waals surface area contributed by atoms with Gasteiger partial charge in [0.05, 0.1) is 6.10 Å². The largest absolute Gasteiger partial charge is 0.491 e. The number of benzene rings is 1. The first-order valence-corrected chi connectivity index (χ1v) is 7.03. The molecule has 0 spiro atoms. The highest BCUT2D eigenvalue weighted by Gasteiger charge is 2.04. The summed E-state index contributed by atoms with van der Waals surface area (Å²) in [6.07, 6.45) is 4.05. The van der Waals surface area contributed by atoms with E-state index >= 15 is 0 Å². The maximum absolute atomic E-state index is 10.5. The van der Waals surface area contributed by atoms with Crippen molar-refractivity contribution < 1.29 is 14.6 Å². The summed E-state index contributed by atoms with van der Waals surface area (Å²) in [7, 11) is 0. The van der Waals surface area contributed by atoms with E-state index in [2.05, 4.69) is 16.7 Å². The summed E-state index contributed by atoms with van der Waals surface area (Å²) in [5, 5.41) is 9.78. The van der Waals surface area contributed by atoms with Crippen LogP contribution >= 0.6 is 0 Å². The van der Waals surface area contributed by atoms with Gasteiger partial charge in [0, 0.05) is 30.1 Å². The molecule has 0 aliphatic heterocycles. The van der Waals surface area contributed by atoms with Crippen LogP contribution in [0.5, 0.6) is 5.75 Å². The highest BCUT2D eigenvalue weighted by Crippen LogP contribution is 2.23. The predicted octanol–water partition coefficient (Wildman–Crippen LogP) is 3.68. The SMILES string of the molecule is CC(C)Oc1ccc2c(ccn2CCCCC(=O)O)c1. The van der Waals surface area contributed by atoms with Crippen molar-refractivity contribution in [1.82, 2.24) is 4.57 Å². The molecule has 4 heteroatoms. The standard InChI is InChI=1S/C16H21NO3/c1-12(2)20-14-6-7-15-13(11-14)8-10-17(15)9-4-3-5-16(18)19/h6-8,10-12H,3-5,9H2,1-2H3,(H,18,19). The number of hydrogen-bond acceptors (Lipinski definition) is 2. The van der Waals surface area contributed by atoms with Crippen molar-refractivity contribution in [3.63, 3.8) is 0 Å². The number of hydrogen-bond donors (Lipinski definition) is 1. The van der Waals surface area contributed by atoms with Crippen LogP contribution in [-0.4, -0.2) is 21.7 Å². The summed E-state index contributed by atoms with van der Waals surface area (Å²) in [6.45, 7) is 4.87. The summed E-state index contributed by atoms with van der Waals surface area (Å²) >= 11 is 0. The Labute approximate surface area is 119 Å². The summed E-state index contributed by atoms with van der Waals surface area (Å²) < 4.78 is 7.84. The number of carboxylic acid groups (broad SMARTS) is 1. The molecule has 0 saturated heterocycles. The Kier molecular flexibility index (Phi) is 4.66. The van der Waals surface area contributed by atoms with Crippen LogP contribution in [0.1, 0.15) is 33.1 Å². The van der Waals surface area contributed by atoms with Crippen molar-refractivity contribution in [2.24, 2.45) is 0 Å². The van der Waals surface area contributed by atoms with Crippen molar-refractivity contribution in [1.29, 1.82) is 0 Å². The first kappa shape index (κ1) is 14.4. The van der Waals surface area contributed by atoms with Gasteiger partial charge in [0.25, 0.3) is 0 Å². The van der Waals surface area contributed by atoms with Crippen molar-refractivity contribution in [2.45, 2.75) is 45.8 Å². The molecule has 2 rings (SSSR count). The van der Waals surface area contributed by atoms with Gasteiger partial charge in [-0.3, -0.25) is 4.79 Å². The number of aliphatic carboxylic acids is 1. The Bertz CT molecular complexity index is 586. The van der Waals surface area contributed by atoms with Crippen LogP contribution in [-0.2, 0) is 11.3 Å². The molecule has 1 heterocycles. The number of aryl methyl sites for hydroxylation is 1. The van der Waals surface area contributed by atoms with E-state index in [1.54, 1.807) is 0 Å². The smallest absolute Gasteiger partial charge is 0.303 e. The molecule has 1 aromatic carbocycles. The Morgan fingerprint density at radius 3 is 2.80 bits per heavy atom. The highest BCUT2D eigenvalue weighted by atomic mass is 16.5. The fraction of sp³-hybridized carbons (Fsp3) is 0.438. The van der Waals surface area contributed by atoms with Crippen LogP contribution in [0.2, 0.25) is 0 Å². The first-order chi connectivity index (χ1) is 9.56. The Balaban J connectivity index is 2.02. The third kappa shape index (κ3) is 3.76. The quantitative estimate of drug-likeness (QED) is 0.784. The lowest BCUT2D eigenvalue weighted by Gasteiger charge is -2.10. The molecule has 1 aromatic heterocycles. The molecule has 20 heavy (non-hydrogen) atoms. The van der Waals surface area contributed by atoms with Gasteiger partial charge in [-0.05, 0) is 51.0 Å². The van der Waals surface area contributed by atoms with Gasteiger partial charge in [0.1, 0.15) is 5.75 Å². The van der Waals surface area contributed by atoms with Crippen molar-refractivity contribution in [2.75, 3.05) is 0 Å². The van der Waals surface area contributed by atoms with Crippen LogP contribution < -0.4 is 4.74 Å². The van der Waals surface area contributed by atoms with Crippen LogP contribution in [0.4, 0.5) is 0 Å². The van der Waals surface area contributed by atoms with Gasteiger partial charge in [-0.15, -0.1) is 0 Å². The molecule has 0 fully saturated rings. The van der Waals surface area contributed by atoms with Crippen LogP contribution in [0, 0.1) is 0 Å². The third-order valence-electron chi connectivity index (χ3n) is 3.15. The summed E-state index contributed by atoms with van der Waals surface area (Å²) in [4.78, 5) is 10.5. The highest BCUT2D eigenvalue weighted by molar-refractivity contribution is 5.81. The van der Waals surface area contributed by atoms with E-state index in [1.165, 1.54) is 0 Å². The number of aromatic nitrogens is 1. The molecule has 0 bridgehead atoms. The molecule has 0 atom stereocenters. The average molecular weight is 275 g/mol. The minimum Gasteiger partial charge on any atom is -0.491 e.